The molecule has 1 aliphatic rings. The molecule has 0 radical (unpaired) electrons. The van der Waals surface area contributed by atoms with Crippen LogP contribution >= 0.6 is 0 Å². The normalized spacial score (nSPS) is 16.5. The number of non-ortho nitro benzene ring substituents is 1. The smallest absolute Gasteiger partial charge is 0.272 e. The molecule has 1 atom stereocenters. The number of carbonyl (C=O) groups is 1. The van der Waals surface area contributed by atoms with Gasteiger partial charge < -0.3 is 14.8 Å². The maximum Gasteiger partial charge on any atom is 0.272 e. The lowest BCUT2D eigenvalue weighted by atomic mass is 10.1. The Kier molecular flexibility index (Phi) is 6.06. The number of nitrogens with zero attached hydrogens (tertiary/aromatic N) is 3. The van der Waals surface area contributed by atoms with Crippen LogP contribution in [0.1, 0.15) is 49.7 Å². The third-order valence-corrected chi connectivity index (χ3v) is 4.77. The monoisotopic (exact) mass is 420 g/mol. The van der Waals surface area contributed by atoms with Crippen LogP contribution in [0.2, 0.25) is 0 Å². The van der Waals surface area contributed by atoms with Crippen molar-refractivity contribution in [3.63, 3.8) is 0 Å². The van der Waals surface area contributed by atoms with Crippen LogP contribution in [0.25, 0.3) is 0 Å². The number of amides is 1. The van der Waals surface area contributed by atoms with Gasteiger partial charge in [-0.15, -0.1) is 0 Å². The third kappa shape index (κ3) is 4.59. The zero-order valence-corrected chi connectivity index (χ0v) is 17.4. The van der Waals surface area contributed by atoms with Gasteiger partial charge in [-0.25, -0.2) is 9.07 Å². The Morgan fingerprint density at radius 1 is 1.47 bits per heavy atom. The van der Waals surface area contributed by atoms with Gasteiger partial charge in [0, 0.05) is 24.8 Å². The van der Waals surface area contributed by atoms with Crippen molar-refractivity contribution in [3.8, 4) is 11.6 Å². The Bertz CT molecular complexity index is 961. The van der Waals surface area contributed by atoms with Gasteiger partial charge in [-0.2, -0.15) is 5.10 Å². The number of hydrogen-bond acceptors (Lipinski definition) is 6. The predicted octanol–water partition coefficient (Wildman–Crippen LogP) is 3.69. The van der Waals surface area contributed by atoms with Gasteiger partial charge in [0.15, 0.2) is 17.3 Å². The van der Waals surface area contributed by atoms with E-state index in [1.807, 2.05) is 20.8 Å². The number of hydrogen-bond donors (Lipinski definition) is 1. The van der Waals surface area contributed by atoms with E-state index in [0.717, 1.165) is 25.0 Å². The molecular formula is C20H25FN4O5. The molecule has 10 heteroatoms. The summed E-state index contributed by atoms with van der Waals surface area (Å²) in [6, 6.07) is 3.13. The van der Waals surface area contributed by atoms with Crippen molar-refractivity contribution in [3.05, 3.63) is 45.4 Å². The highest BCUT2D eigenvalue weighted by Gasteiger charge is 2.29. The second-order valence-electron chi connectivity index (χ2n) is 8.18. The predicted molar refractivity (Wildman–Crippen MR) is 106 cm³/mol. The zero-order valence-electron chi connectivity index (χ0n) is 17.4. The quantitative estimate of drug-likeness (QED) is 0.564. The summed E-state index contributed by atoms with van der Waals surface area (Å²) in [6.45, 7) is 8.34. The molecule has 0 bridgehead atoms. The van der Waals surface area contributed by atoms with Gasteiger partial charge in [-0.3, -0.25) is 14.9 Å². The molecule has 0 spiro atoms. The summed E-state index contributed by atoms with van der Waals surface area (Å²) in [7, 11) is 0. The van der Waals surface area contributed by atoms with Gasteiger partial charge >= 0.3 is 0 Å². The van der Waals surface area contributed by atoms with Gasteiger partial charge in [-0.05, 0) is 46.6 Å². The fourth-order valence-corrected chi connectivity index (χ4v) is 3.16. The maximum absolute atomic E-state index is 14.4. The molecule has 0 saturated carbocycles. The highest BCUT2D eigenvalue weighted by Crippen LogP contribution is 2.34. The summed E-state index contributed by atoms with van der Waals surface area (Å²) >= 11 is 0. The van der Waals surface area contributed by atoms with E-state index in [0.29, 0.717) is 18.7 Å². The fraction of sp³-hybridized carbons (Fsp3) is 0.500. The SMILES string of the molecule is Cc1c(C(=O)NC[C@H]2CCCO2)nn(C(C)(C)C)c1Oc1ccc([N+](=O)[O-])cc1F. The van der Waals surface area contributed by atoms with E-state index in [1.54, 1.807) is 6.92 Å². The van der Waals surface area contributed by atoms with Gasteiger partial charge in [0.05, 0.1) is 22.6 Å². The Balaban J connectivity index is 1.89. The lowest BCUT2D eigenvalue weighted by molar-refractivity contribution is -0.385. The average Bonchev–Trinajstić information content (AvgIpc) is 3.29. The third-order valence-electron chi connectivity index (χ3n) is 4.77. The van der Waals surface area contributed by atoms with Crippen LogP contribution in [-0.4, -0.2) is 39.9 Å². The van der Waals surface area contributed by atoms with Gasteiger partial charge in [0.2, 0.25) is 5.88 Å². The minimum absolute atomic E-state index is 0.0103. The summed E-state index contributed by atoms with van der Waals surface area (Å²) in [5.74, 6) is -1.26. The Morgan fingerprint density at radius 2 is 2.20 bits per heavy atom. The van der Waals surface area contributed by atoms with Crippen molar-refractivity contribution in [1.82, 2.24) is 15.1 Å². The number of nitrogens with one attached hydrogen (secondary N) is 1. The van der Waals surface area contributed by atoms with Crippen molar-refractivity contribution >= 4 is 11.6 Å². The summed E-state index contributed by atoms with van der Waals surface area (Å²) in [6.07, 6.45) is 1.85. The van der Waals surface area contributed by atoms with Gasteiger partial charge in [0.1, 0.15) is 0 Å². The lowest BCUT2D eigenvalue weighted by Crippen LogP contribution is -2.32. The second-order valence-corrected chi connectivity index (χ2v) is 8.18. The van der Waals surface area contributed by atoms with Gasteiger partial charge in [-0.1, -0.05) is 0 Å². The molecule has 30 heavy (non-hydrogen) atoms. The Labute approximate surface area is 173 Å². The van der Waals surface area contributed by atoms with Crippen LogP contribution in [0.15, 0.2) is 18.2 Å². The standard InChI is InChI=1S/C20H25FN4O5/c1-12-17(18(26)22-11-14-6-5-9-29-14)23-24(20(2,3)4)19(12)30-16-8-7-13(25(27)28)10-15(16)21/h7-8,10,14H,5-6,9,11H2,1-4H3,(H,22,26)/t14-/m1/s1. The first-order valence-corrected chi connectivity index (χ1v) is 9.69. The molecule has 1 saturated heterocycles. The molecular weight excluding hydrogens is 395 g/mol. The molecule has 1 aliphatic heterocycles. The van der Waals surface area contributed by atoms with Gasteiger partial charge in [0.25, 0.3) is 11.6 Å². The van der Waals surface area contributed by atoms with Crippen molar-refractivity contribution in [1.29, 1.82) is 0 Å². The van der Waals surface area contributed by atoms with Crippen molar-refractivity contribution in [2.45, 2.75) is 52.2 Å². The van der Waals surface area contributed by atoms with E-state index in [-0.39, 0.29) is 35.0 Å². The van der Waals surface area contributed by atoms with E-state index in [9.17, 15) is 19.3 Å². The first kappa shape index (κ1) is 21.7. The lowest BCUT2D eigenvalue weighted by Gasteiger charge is -2.22. The summed E-state index contributed by atoms with van der Waals surface area (Å²) in [5.41, 5.74) is -0.340. The molecule has 0 unspecified atom stereocenters. The van der Waals surface area contributed by atoms with E-state index < -0.39 is 16.3 Å². The van der Waals surface area contributed by atoms with Crippen LogP contribution in [0.4, 0.5) is 10.1 Å². The van der Waals surface area contributed by atoms with Crippen LogP contribution < -0.4 is 10.1 Å². The van der Waals surface area contributed by atoms with E-state index in [2.05, 4.69) is 10.4 Å². The largest absolute Gasteiger partial charge is 0.436 e. The molecule has 9 nitrogen and oxygen atoms in total. The number of rotatable bonds is 6. The number of aromatic nitrogens is 2. The van der Waals surface area contributed by atoms with Crippen LogP contribution in [-0.2, 0) is 10.3 Å². The molecule has 162 valence electrons. The first-order chi connectivity index (χ1) is 14.1. The first-order valence-electron chi connectivity index (χ1n) is 9.69. The van der Waals surface area contributed by atoms with Crippen molar-refractivity contribution in [2.75, 3.05) is 13.2 Å². The summed E-state index contributed by atoms with van der Waals surface area (Å²) in [5, 5.41) is 18.1. The number of ether oxygens (including phenoxy) is 2. The topological polar surface area (TPSA) is 109 Å². The molecule has 1 N–H and O–H groups in total. The maximum atomic E-state index is 14.4. The summed E-state index contributed by atoms with van der Waals surface area (Å²) < 4.78 is 27.1. The van der Waals surface area contributed by atoms with E-state index >= 15 is 0 Å². The van der Waals surface area contributed by atoms with Crippen LogP contribution in [0, 0.1) is 22.9 Å². The number of carbonyl (C=O) groups excluding carboxylic acids is 1. The molecule has 1 aromatic carbocycles. The minimum Gasteiger partial charge on any atom is -0.436 e. The molecule has 2 heterocycles. The molecule has 1 aromatic heterocycles. The van der Waals surface area contributed by atoms with E-state index in [4.69, 9.17) is 9.47 Å². The highest BCUT2D eigenvalue weighted by atomic mass is 19.1. The Hall–Kier alpha value is -3.01. The van der Waals surface area contributed by atoms with E-state index in [1.165, 1.54) is 10.7 Å². The molecule has 2 aromatic rings. The second kappa shape index (κ2) is 8.39. The highest BCUT2D eigenvalue weighted by molar-refractivity contribution is 5.94. The number of nitro groups is 1. The zero-order chi connectivity index (χ0) is 22.1. The average molecular weight is 420 g/mol. The molecule has 1 amide bonds. The Morgan fingerprint density at radius 3 is 2.77 bits per heavy atom. The van der Waals surface area contributed by atoms with Crippen molar-refractivity contribution in [2.24, 2.45) is 0 Å². The number of nitro benzene ring substituents is 1. The van der Waals surface area contributed by atoms with Crippen LogP contribution in [0.3, 0.4) is 0 Å². The number of halogens is 1. The fourth-order valence-electron chi connectivity index (χ4n) is 3.16. The van der Waals surface area contributed by atoms with Crippen molar-refractivity contribution < 1.29 is 23.6 Å². The summed E-state index contributed by atoms with van der Waals surface area (Å²) in [4.78, 5) is 22.8. The van der Waals surface area contributed by atoms with Crippen LogP contribution in [0.5, 0.6) is 11.6 Å². The molecule has 1 fully saturated rings. The molecule has 3 rings (SSSR count). The number of benzene rings is 1. The minimum atomic E-state index is -0.880. The molecule has 0 aliphatic carbocycles.